The lowest BCUT2D eigenvalue weighted by Gasteiger charge is -2.36. The van der Waals surface area contributed by atoms with Gasteiger partial charge in [-0.05, 0) is 33.6 Å². The van der Waals surface area contributed by atoms with Gasteiger partial charge in [-0.2, -0.15) is 0 Å². The molecular formula is C12H20FNO4. The summed E-state index contributed by atoms with van der Waals surface area (Å²) in [6.45, 7) is 5.45. The number of carbonyl (C=O) groups excluding carboxylic acids is 2. The zero-order valence-corrected chi connectivity index (χ0v) is 11.2. The Morgan fingerprint density at radius 1 is 1.33 bits per heavy atom. The minimum absolute atomic E-state index is 0.249. The monoisotopic (exact) mass is 261 g/mol. The highest BCUT2D eigenvalue weighted by Gasteiger charge is 2.42. The maximum atomic E-state index is 13.8. The van der Waals surface area contributed by atoms with Crippen molar-refractivity contribution < 1.29 is 23.5 Å². The molecule has 1 aliphatic heterocycles. The number of carbonyl (C=O) groups is 2. The van der Waals surface area contributed by atoms with Gasteiger partial charge < -0.3 is 9.47 Å². The van der Waals surface area contributed by atoms with Crippen LogP contribution in [0.4, 0.5) is 9.18 Å². The molecule has 5 nitrogen and oxygen atoms in total. The number of ether oxygens (including phenoxy) is 2. The lowest BCUT2D eigenvalue weighted by molar-refractivity contribution is -0.151. The quantitative estimate of drug-likeness (QED) is 0.676. The van der Waals surface area contributed by atoms with Crippen molar-refractivity contribution in [2.24, 2.45) is 0 Å². The van der Waals surface area contributed by atoms with Crippen LogP contribution in [0.2, 0.25) is 0 Å². The molecule has 0 saturated carbocycles. The molecule has 1 aliphatic rings. The summed E-state index contributed by atoms with van der Waals surface area (Å²) in [5, 5.41) is 0. The third kappa shape index (κ3) is 3.58. The SMILES string of the molecule is COC(=O)C1C(F)CCCN1C(=O)OC(C)(C)C. The molecule has 0 radical (unpaired) electrons. The number of methoxy groups -OCH3 is 1. The predicted molar refractivity (Wildman–Crippen MR) is 62.9 cm³/mol. The largest absolute Gasteiger partial charge is 0.467 e. The molecule has 0 aromatic rings. The molecule has 1 fully saturated rings. The third-order valence-electron chi connectivity index (χ3n) is 2.63. The first kappa shape index (κ1) is 14.7. The van der Waals surface area contributed by atoms with E-state index >= 15 is 0 Å². The average Bonchev–Trinajstić information content (AvgIpc) is 2.25. The number of amides is 1. The van der Waals surface area contributed by atoms with Gasteiger partial charge in [-0.15, -0.1) is 0 Å². The van der Waals surface area contributed by atoms with Gasteiger partial charge in [-0.25, -0.2) is 14.0 Å². The number of hydrogen-bond donors (Lipinski definition) is 0. The standard InChI is InChI=1S/C12H20FNO4/c1-12(2,3)18-11(16)14-7-5-6-8(13)9(14)10(15)17-4/h8-9H,5-7H2,1-4H3. The molecule has 1 rings (SSSR count). The maximum absolute atomic E-state index is 13.8. The predicted octanol–water partition coefficient (Wildman–Crippen LogP) is 1.90. The number of hydrogen-bond acceptors (Lipinski definition) is 4. The molecule has 104 valence electrons. The first-order valence-corrected chi connectivity index (χ1v) is 5.98. The van der Waals surface area contributed by atoms with Crippen molar-refractivity contribution in [3.05, 3.63) is 0 Å². The van der Waals surface area contributed by atoms with Crippen LogP contribution in [0.25, 0.3) is 0 Å². The highest BCUT2D eigenvalue weighted by Crippen LogP contribution is 2.23. The lowest BCUT2D eigenvalue weighted by atomic mass is 10.0. The molecule has 2 atom stereocenters. The molecule has 0 aromatic carbocycles. The molecule has 0 N–H and O–H groups in total. The van der Waals surface area contributed by atoms with Crippen molar-refractivity contribution in [2.75, 3.05) is 13.7 Å². The van der Waals surface area contributed by atoms with Crippen LogP contribution in [0.5, 0.6) is 0 Å². The van der Waals surface area contributed by atoms with Gasteiger partial charge in [-0.3, -0.25) is 4.90 Å². The maximum Gasteiger partial charge on any atom is 0.411 e. The van der Waals surface area contributed by atoms with Crippen LogP contribution in [-0.2, 0) is 14.3 Å². The fraction of sp³-hybridized carbons (Fsp3) is 0.833. The van der Waals surface area contributed by atoms with E-state index in [0.29, 0.717) is 13.0 Å². The van der Waals surface area contributed by atoms with Gasteiger partial charge in [0.05, 0.1) is 7.11 Å². The number of nitrogens with zero attached hydrogens (tertiary/aromatic N) is 1. The average molecular weight is 261 g/mol. The van der Waals surface area contributed by atoms with E-state index in [2.05, 4.69) is 4.74 Å². The molecule has 2 unspecified atom stereocenters. The summed E-state index contributed by atoms with van der Waals surface area (Å²) >= 11 is 0. The van der Waals surface area contributed by atoms with Gasteiger partial charge in [0.2, 0.25) is 0 Å². The molecule has 0 aliphatic carbocycles. The Bertz CT molecular complexity index is 327. The number of likely N-dealkylation sites (tertiary alicyclic amines) is 1. The summed E-state index contributed by atoms with van der Waals surface area (Å²) in [5.41, 5.74) is -0.680. The summed E-state index contributed by atoms with van der Waals surface area (Å²) in [6.07, 6.45) is -1.33. The summed E-state index contributed by atoms with van der Waals surface area (Å²) in [5.74, 6) is -0.743. The van der Waals surface area contributed by atoms with Crippen molar-refractivity contribution in [1.82, 2.24) is 4.90 Å². The van der Waals surface area contributed by atoms with Gasteiger partial charge in [0.1, 0.15) is 11.8 Å². The molecular weight excluding hydrogens is 241 g/mol. The zero-order valence-electron chi connectivity index (χ0n) is 11.2. The lowest BCUT2D eigenvalue weighted by Crippen LogP contribution is -2.55. The van der Waals surface area contributed by atoms with E-state index in [-0.39, 0.29) is 6.42 Å². The fourth-order valence-corrected chi connectivity index (χ4v) is 1.87. The van der Waals surface area contributed by atoms with Crippen LogP contribution >= 0.6 is 0 Å². The number of alkyl halides is 1. The molecule has 0 spiro atoms. The van der Waals surface area contributed by atoms with Crippen LogP contribution in [0.3, 0.4) is 0 Å². The van der Waals surface area contributed by atoms with Crippen molar-refractivity contribution in [3.8, 4) is 0 Å². The van der Waals surface area contributed by atoms with E-state index in [4.69, 9.17) is 4.74 Å². The molecule has 1 heterocycles. The van der Waals surface area contributed by atoms with E-state index in [0.717, 1.165) is 4.90 Å². The second kappa shape index (κ2) is 5.54. The van der Waals surface area contributed by atoms with Gasteiger partial charge in [0, 0.05) is 6.54 Å². The van der Waals surface area contributed by atoms with Crippen LogP contribution in [0.15, 0.2) is 0 Å². The minimum Gasteiger partial charge on any atom is -0.467 e. The Hall–Kier alpha value is -1.33. The summed E-state index contributed by atoms with van der Waals surface area (Å²) in [7, 11) is 1.18. The van der Waals surface area contributed by atoms with Crippen LogP contribution in [-0.4, -0.2) is 48.4 Å². The Kier molecular flexibility index (Phi) is 4.53. The second-order valence-corrected chi connectivity index (χ2v) is 5.30. The smallest absolute Gasteiger partial charge is 0.411 e. The Labute approximate surface area is 106 Å². The summed E-state index contributed by atoms with van der Waals surface area (Å²) < 4.78 is 23.5. The molecule has 0 bridgehead atoms. The van der Waals surface area contributed by atoms with Crippen molar-refractivity contribution in [2.45, 2.75) is 51.4 Å². The number of rotatable bonds is 1. The highest BCUT2D eigenvalue weighted by molar-refractivity contribution is 5.82. The van der Waals surface area contributed by atoms with Gasteiger partial charge in [0.15, 0.2) is 6.04 Å². The number of halogens is 1. The molecule has 1 saturated heterocycles. The Morgan fingerprint density at radius 2 is 1.94 bits per heavy atom. The molecule has 0 aromatic heterocycles. The van der Waals surface area contributed by atoms with E-state index in [1.807, 2.05) is 0 Å². The van der Waals surface area contributed by atoms with E-state index in [1.165, 1.54) is 7.11 Å². The van der Waals surface area contributed by atoms with Crippen LogP contribution in [0.1, 0.15) is 33.6 Å². The van der Waals surface area contributed by atoms with Gasteiger partial charge in [-0.1, -0.05) is 0 Å². The Balaban J connectivity index is 2.82. The molecule has 18 heavy (non-hydrogen) atoms. The van der Waals surface area contributed by atoms with Crippen molar-refractivity contribution >= 4 is 12.1 Å². The van der Waals surface area contributed by atoms with Crippen molar-refractivity contribution in [1.29, 1.82) is 0 Å². The van der Waals surface area contributed by atoms with E-state index in [1.54, 1.807) is 20.8 Å². The van der Waals surface area contributed by atoms with Gasteiger partial charge in [0.25, 0.3) is 0 Å². The number of piperidine rings is 1. The Morgan fingerprint density at radius 3 is 2.44 bits per heavy atom. The highest BCUT2D eigenvalue weighted by atomic mass is 19.1. The van der Waals surface area contributed by atoms with Crippen LogP contribution in [0, 0.1) is 0 Å². The fourth-order valence-electron chi connectivity index (χ4n) is 1.87. The minimum atomic E-state index is -1.40. The van der Waals surface area contributed by atoms with Crippen LogP contribution < -0.4 is 0 Å². The normalized spacial score (nSPS) is 24.6. The molecule has 1 amide bonds. The van der Waals surface area contributed by atoms with E-state index < -0.39 is 29.9 Å². The van der Waals surface area contributed by atoms with E-state index in [9.17, 15) is 14.0 Å². The molecule has 6 heteroatoms. The van der Waals surface area contributed by atoms with Crippen molar-refractivity contribution in [3.63, 3.8) is 0 Å². The number of esters is 1. The summed E-state index contributed by atoms with van der Waals surface area (Å²) in [6, 6.07) is -1.20. The zero-order chi connectivity index (χ0) is 13.9. The summed E-state index contributed by atoms with van der Waals surface area (Å²) in [4.78, 5) is 24.6. The second-order valence-electron chi connectivity index (χ2n) is 5.30. The third-order valence-corrected chi connectivity index (χ3v) is 2.63. The van der Waals surface area contributed by atoms with Gasteiger partial charge >= 0.3 is 12.1 Å². The first-order chi connectivity index (χ1) is 8.26. The topological polar surface area (TPSA) is 55.8 Å². The first-order valence-electron chi connectivity index (χ1n) is 5.98.